The molecule has 0 aliphatic heterocycles. The van der Waals surface area contributed by atoms with Crippen LogP contribution in [0.1, 0.15) is 0 Å². The summed E-state index contributed by atoms with van der Waals surface area (Å²) in [6.07, 6.45) is 3.23. The van der Waals surface area contributed by atoms with E-state index in [0.29, 0.717) is 17.5 Å². The number of aromatic amines is 1. The number of aromatic nitrogens is 4. The topological polar surface area (TPSA) is 139 Å². The normalized spacial score (nSPS) is 11.4. The number of imidazole rings is 1. The van der Waals surface area contributed by atoms with E-state index in [1.165, 1.54) is 12.1 Å². The van der Waals surface area contributed by atoms with Gasteiger partial charge in [0.1, 0.15) is 5.82 Å². The fraction of sp³-hybridized carbons (Fsp3) is 0. The molecule has 0 amide bonds. The molecular formula is C17H15N7O2S. The van der Waals surface area contributed by atoms with Gasteiger partial charge in [-0.2, -0.15) is 4.98 Å². The molecule has 2 aromatic heterocycles. The van der Waals surface area contributed by atoms with Crippen molar-refractivity contribution in [3.05, 3.63) is 61.1 Å². The number of hydrogen-bond acceptors (Lipinski definition) is 7. The van der Waals surface area contributed by atoms with Crippen LogP contribution in [-0.4, -0.2) is 28.4 Å². The van der Waals surface area contributed by atoms with Gasteiger partial charge in [-0.1, -0.05) is 6.07 Å². The van der Waals surface area contributed by atoms with E-state index in [1.807, 2.05) is 18.2 Å². The smallest absolute Gasteiger partial charge is 0.238 e. The lowest BCUT2D eigenvalue weighted by Gasteiger charge is -2.09. The Bertz CT molecular complexity index is 1220. The van der Waals surface area contributed by atoms with Gasteiger partial charge in [0.05, 0.1) is 22.3 Å². The number of anilines is 4. The van der Waals surface area contributed by atoms with Crippen molar-refractivity contribution in [2.75, 3.05) is 10.6 Å². The molecule has 4 rings (SSSR count). The zero-order valence-corrected chi connectivity index (χ0v) is 14.7. The molecule has 0 saturated carbocycles. The third-order valence-electron chi connectivity index (χ3n) is 3.77. The summed E-state index contributed by atoms with van der Waals surface area (Å²) in [5.41, 5.74) is 3.14. The van der Waals surface area contributed by atoms with Crippen LogP contribution in [0.2, 0.25) is 0 Å². The van der Waals surface area contributed by atoms with Crippen molar-refractivity contribution in [2.24, 2.45) is 5.14 Å². The fourth-order valence-corrected chi connectivity index (χ4v) is 3.09. The lowest BCUT2D eigenvalue weighted by Crippen LogP contribution is -2.12. The minimum absolute atomic E-state index is 0.00893. The Morgan fingerprint density at radius 2 is 1.81 bits per heavy atom. The number of sulfonamides is 1. The predicted octanol–water partition coefficient (Wildman–Crippen LogP) is 2.49. The summed E-state index contributed by atoms with van der Waals surface area (Å²) in [5, 5.41) is 11.3. The van der Waals surface area contributed by atoms with Gasteiger partial charge in [0.25, 0.3) is 0 Å². The number of H-pyrrole nitrogens is 1. The molecule has 0 fully saturated rings. The van der Waals surface area contributed by atoms with Crippen molar-refractivity contribution < 1.29 is 8.42 Å². The van der Waals surface area contributed by atoms with Crippen LogP contribution in [0.3, 0.4) is 0 Å². The number of hydrogen-bond donors (Lipinski definition) is 4. The van der Waals surface area contributed by atoms with Crippen LogP contribution in [-0.2, 0) is 10.0 Å². The first kappa shape index (κ1) is 16.9. The minimum atomic E-state index is -3.78. The maximum absolute atomic E-state index is 11.5. The van der Waals surface area contributed by atoms with Crippen LogP contribution in [0.15, 0.2) is 66.0 Å². The van der Waals surface area contributed by atoms with Gasteiger partial charge in [0.2, 0.25) is 16.0 Å². The van der Waals surface area contributed by atoms with E-state index < -0.39 is 10.0 Å². The number of nitrogens with two attached hydrogens (primary N) is 1. The van der Waals surface area contributed by atoms with E-state index in [-0.39, 0.29) is 4.90 Å². The average molecular weight is 381 g/mol. The molecule has 0 atom stereocenters. The highest BCUT2D eigenvalue weighted by atomic mass is 32.2. The first-order chi connectivity index (χ1) is 13.0. The van der Waals surface area contributed by atoms with Gasteiger partial charge in [0, 0.05) is 17.6 Å². The maximum Gasteiger partial charge on any atom is 0.238 e. The van der Waals surface area contributed by atoms with Crippen LogP contribution in [0.4, 0.5) is 23.1 Å². The van der Waals surface area contributed by atoms with E-state index in [1.54, 1.807) is 30.7 Å². The third-order valence-corrected chi connectivity index (χ3v) is 4.68. The summed E-state index contributed by atoms with van der Waals surface area (Å²) in [6.45, 7) is 0. The highest BCUT2D eigenvalue weighted by Crippen LogP contribution is 2.21. The summed E-state index contributed by atoms with van der Waals surface area (Å²) >= 11 is 0. The summed E-state index contributed by atoms with van der Waals surface area (Å²) in [7, 11) is -3.78. The summed E-state index contributed by atoms with van der Waals surface area (Å²) in [4.78, 5) is 15.8. The third kappa shape index (κ3) is 3.86. The number of nitrogens with zero attached hydrogens (tertiary/aromatic N) is 3. The van der Waals surface area contributed by atoms with Crippen LogP contribution >= 0.6 is 0 Å². The van der Waals surface area contributed by atoms with Gasteiger partial charge >= 0.3 is 0 Å². The Morgan fingerprint density at radius 1 is 0.963 bits per heavy atom. The van der Waals surface area contributed by atoms with E-state index in [4.69, 9.17) is 5.14 Å². The van der Waals surface area contributed by atoms with Crippen LogP contribution in [0, 0.1) is 0 Å². The summed E-state index contributed by atoms with van der Waals surface area (Å²) in [6, 6.07) is 13.6. The predicted molar refractivity (Wildman–Crippen MR) is 103 cm³/mol. The Kier molecular flexibility index (Phi) is 4.18. The van der Waals surface area contributed by atoms with Crippen LogP contribution in [0.5, 0.6) is 0 Å². The van der Waals surface area contributed by atoms with Crippen molar-refractivity contribution >= 4 is 44.2 Å². The second kappa shape index (κ2) is 6.67. The molecular weight excluding hydrogens is 366 g/mol. The summed E-state index contributed by atoms with van der Waals surface area (Å²) < 4.78 is 22.9. The van der Waals surface area contributed by atoms with Gasteiger partial charge in [-0.25, -0.2) is 23.5 Å². The van der Waals surface area contributed by atoms with Crippen molar-refractivity contribution in [1.82, 2.24) is 19.9 Å². The SMILES string of the molecule is NS(=O)(=O)c1cccc(Nc2nccc(Nc3ccc4nc[nH]c4c3)n2)c1. The molecule has 0 spiro atoms. The van der Waals surface area contributed by atoms with Gasteiger partial charge in [-0.15, -0.1) is 0 Å². The second-order valence-corrected chi connectivity index (χ2v) is 7.28. The molecule has 2 aromatic carbocycles. The first-order valence-electron chi connectivity index (χ1n) is 7.90. The molecule has 5 N–H and O–H groups in total. The minimum Gasteiger partial charge on any atom is -0.345 e. The standard InChI is InChI=1S/C17H15N7O2S/c18-27(25,26)13-3-1-2-11(8-13)23-17-19-7-6-16(24-17)22-12-4-5-14-15(9-12)21-10-20-14/h1-10H,(H,20,21)(H2,18,25,26)(H2,19,22,23,24). The molecule has 136 valence electrons. The Labute approximate surface area is 154 Å². The zero-order chi connectivity index (χ0) is 18.9. The second-order valence-electron chi connectivity index (χ2n) is 5.72. The Morgan fingerprint density at radius 3 is 2.67 bits per heavy atom. The Hall–Kier alpha value is -3.50. The first-order valence-corrected chi connectivity index (χ1v) is 9.45. The van der Waals surface area contributed by atoms with Crippen molar-refractivity contribution in [1.29, 1.82) is 0 Å². The van der Waals surface area contributed by atoms with Gasteiger partial charge < -0.3 is 15.6 Å². The van der Waals surface area contributed by atoms with Crippen molar-refractivity contribution in [3.63, 3.8) is 0 Å². The number of nitrogens with one attached hydrogen (secondary N) is 3. The molecule has 0 unspecified atom stereocenters. The molecule has 9 nitrogen and oxygen atoms in total. The largest absolute Gasteiger partial charge is 0.345 e. The molecule has 0 aliphatic rings. The van der Waals surface area contributed by atoms with E-state index in [2.05, 4.69) is 30.6 Å². The monoisotopic (exact) mass is 381 g/mol. The van der Waals surface area contributed by atoms with Gasteiger partial charge in [0.15, 0.2) is 0 Å². The molecule has 27 heavy (non-hydrogen) atoms. The number of rotatable bonds is 5. The van der Waals surface area contributed by atoms with E-state index >= 15 is 0 Å². The van der Waals surface area contributed by atoms with Crippen molar-refractivity contribution in [3.8, 4) is 0 Å². The van der Waals surface area contributed by atoms with Crippen LogP contribution < -0.4 is 15.8 Å². The van der Waals surface area contributed by atoms with E-state index in [0.717, 1.165) is 16.7 Å². The molecule has 10 heteroatoms. The van der Waals surface area contributed by atoms with Gasteiger partial charge in [-0.05, 0) is 42.5 Å². The molecule has 0 radical (unpaired) electrons. The van der Waals surface area contributed by atoms with Crippen molar-refractivity contribution in [2.45, 2.75) is 4.90 Å². The molecule has 0 saturated heterocycles. The molecule has 0 aliphatic carbocycles. The molecule has 4 aromatic rings. The molecule has 0 bridgehead atoms. The highest BCUT2D eigenvalue weighted by Gasteiger charge is 2.09. The highest BCUT2D eigenvalue weighted by molar-refractivity contribution is 7.89. The lowest BCUT2D eigenvalue weighted by molar-refractivity contribution is 0.598. The number of benzene rings is 2. The van der Waals surface area contributed by atoms with Crippen LogP contribution in [0.25, 0.3) is 11.0 Å². The number of fused-ring (bicyclic) bond motifs is 1. The molecule has 2 heterocycles. The van der Waals surface area contributed by atoms with Gasteiger partial charge in [-0.3, -0.25) is 0 Å². The number of primary sulfonamides is 1. The van der Waals surface area contributed by atoms with E-state index in [9.17, 15) is 8.42 Å². The lowest BCUT2D eigenvalue weighted by atomic mass is 10.3. The summed E-state index contributed by atoms with van der Waals surface area (Å²) in [5.74, 6) is 0.892. The Balaban J connectivity index is 1.55. The zero-order valence-electron chi connectivity index (χ0n) is 13.9. The average Bonchev–Trinajstić information content (AvgIpc) is 3.09. The maximum atomic E-state index is 11.5. The fourth-order valence-electron chi connectivity index (χ4n) is 2.53. The quantitative estimate of drug-likeness (QED) is 0.416.